The summed E-state index contributed by atoms with van der Waals surface area (Å²) in [7, 11) is 1.44. The quantitative estimate of drug-likeness (QED) is 0.727. The summed E-state index contributed by atoms with van der Waals surface area (Å²) in [5, 5.41) is 3.95. The molecule has 2 rings (SSSR count). The molecule has 0 unspecified atom stereocenters. The highest BCUT2D eigenvalue weighted by molar-refractivity contribution is 5.92. The molecule has 2 heterocycles. The predicted molar refractivity (Wildman–Crippen MR) is 58.6 cm³/mol. The Hall–Kier alpha value is -2.64. The van der Waals surface area contributed by atoms with Gasteiger partial charge in [-0.1, -0.05) is 0 Å². The van der Waals surface area contributed by atoms with Crippen LogP contribution in [0.4, 0.5) is 5.82 Å². The highest BCUT2D eigenvalue weighted by atomic mass is 16.5. The van der Waals surface area contributed by atoms with Crippen molar-refractivity contribution in [1.82, 2.24) is 19.7 Å². The van der Waals surface area contributed by atoms with Crippen LogP contribution in [0, 0.1) is 0 Å². The van der Waals surface area contributed by atoms with Crippen molar-refractivity contribution in [2.24, 2.45) is 5.73 Å². The first-order valence-corrected chi connectivity index (χ1v) is 4.62. The second-order valence-corrected chi connectivity index (χ2v) is 3.15. The summed E-state index contributed by atoms with van der Waals surface area (Å²) in [4.78, 5) is 18.7. The van der Waals surface area contributed by atoms with Gasteiger partial charge in [-0.25, -0.2) is 14.6 Å². The van der Waals surface area contributed by atoms with E-state index in [2.05, 4.69) is 15.1 Å². The smallest absolute Gasteiger partial charge is 0.251 e. The maximum absolute atomic E-state index is 10.9. The van der Waals surface area contributed by atoms with E-state index in [-0.39, 0.29) is 17.1 Å². The van der Waals surface area contributed by atoms with Gasteiger partial charge in [-0.15, -0.1) is 0 Å². The first-order valence-electron chi connectivity index (χ1n) is 4.62. The highest BCUT2D eigenvalue weighted by Crippen LogP contribution is 2.24. The standard InChI is InChI=1S/C9H10N6O2/c1-17-6-7(10)12-4-13-9(6)15-3-5(2-14-15)8(11)16/h2-4H,1H3,(H2,11,16)(H2,10,12,13). The summed E-state index contributed by atoms with van der Waals surface area (Å²) in [6.07, 6.45) is 4.05. The lowest BCUT2D eigenvalue weighted by atomic mass is 10.3. The van der Waals surface area contributed by atoms with Gasteiger partial charge in [0.1, 0.15) is 6.33 Å². The van der Waals surface area contributed by atoms with Crippen LogP contribution in [-0.4, -0.2) is 32.8 Å². The van der Waals surface area contributed by atoms with Crippen LogP contribution in [0.25, 0.3) is 5.82 Å². The zero-order valence-corrected chi connectivity index (χ0v) is 8.99. The fraction of sp³-hybridized carbons (Fsp3) is 0.111. The van der Waals surface area contributed by atoms with E-state index in [0.29, 0.717) is 5.82 Å². The number of hydrogen-bond donors (Lipinski definition) is 2. The molecule has 0 atom stereocenters. The number of amides is 1. The SMILES string of the molecule is COc1c(N)ncnc1-n1cc(C(N)=O)cn1. The van der Waals surface area contributed by atoms with E-state index in [1.807, 2.05) is 0 Å². The lowest BCUT2D eigenvalue weighted by Crippen LogP contribution is -2.10. The van der Waals surface area contributed by atoms with Crippen LogP contribution >= 0.6 is 0 Å². The molecule has 0 aromatic carbocycles. The minimum Gasteiger partial charge on any atom is -0.490 e. The van der Waals surface area contributed by atoms with Crippen molar-refractivity contribution in [2.75, 3.05) is 12.8 Å². The Bertz CT molecular complexity index is 564. The molecule has 17 heavy (non-hydrogen) atoms. The third-order valence-electron chi connectivity index (χ3n) is 2.10. The second-order valence-electron chi connectivity index (χ2n) is 3.15. The largest absolute Gasteiger partial charge is 0.490 e. The monoisotopic (exact) mass is 234 g/mol. The normalized spacial score (nSPS) is 10.2. The van der Waals surface area contributed by atoms with E-state index in [0.717, 1.165) is 0 Å². The van der Waals surface area contributed by atoms with E-state index in [9.17, 15) is 4.79 Å². The van der Waals surface area contributed by atoms with Gasteiger partial charge in [0.15, 0.2) is 5.82 Å². The molecule has 2 aromatic rings. The number of ether oxygens (including phenoxy) is 1. The average Bonchev–Trinajstić information content (AvgIpc) is 2.77. The first kappa shape index (κ1) is 10.9. The molecular weight excluding hydrogens is 224 g/mol. The van der Waals surface area contributed by atoms with E-state index in [4.69, 9.17) is 16.2 Å². The molecule has 0 fully saturated rings. The fourth-order valence-corrected chi connectivity index (χ4v) is 1.30. The predicted octanol–water partition coefficient (Wildman–Crippen LogP) is -0.648. The van der Waals surface area contributed by atoms with Crippen LogP contribution < -0.4 is 16.2 Å². The zero-order valence-electron chi connectivity index (χ0n) is 8.99. The number of carbonyl (C=O) groups is 1. The molecule has 4 N–H and O–H groups in total. The fourth-order valence-electron chi connectivity index (χ4n) is 1.30. The molecule has 0 bridgehead atoms. The van der Waals surface area contributed by atoms with Crippen LogP contribution in [0.5, 0.6) is 5.75 Å². The molecule has 0 saturated heterocycles. The van der Waals surface area contributed by atoms with Gasteiger partial charge in [0.05, 0.1) is 18.9 Å². The summed E-state index contributed by atoms with van der Waals surface area (Å²) in [5.74, 6) is 0.241. The summed E-state index contributed by atoms with van der Waals surface area (Å²) in [6.45, 7) is 0. The molecule has 0 aliphatic carbocycles. The van der Waals surface area contributed by atoms with Crippen molar-refractivity contribution in [3.63, 3.8) is 0 Å². The van der Waals surface area contributed by atoms with Crippen molar-refractivity contribution >= 4 is 11.7 Å². The number of nitrogens with zero attached hydrogens (tertiary/aromatic N) is 4. The van der Waals surface area contributed by atoms with Gasteiger partial charge in [0.2, 0.25) is 11.6 Å². The van der Waals surface area contributed by atoms with Crippen LogP contribution in [0.2, 0.25) is 0 Å². The molecule has 88 valence electrons. The minimum atomic E-state index is -0.572. The summed E-state index contributed by atoms with van der Waals surface area (Å²) < 4.78 is 6.42. The summed E-state index contributed by atoms with van der Waals surface area (Å²) >= 11 is 0. The van der Waals surface area contributed by atoms with Crippen molar-refractivity contribution < 1.29 is 9.53 Å². The van der Waals surface area contributed by atoms with Crippen LogP contribution in [-0.2, 0) is 0 Å². The lowest BCUT2D eigenvalue weighted by Gasteiger charge is -2.07. The van der Waals surface area contributed by atoms with E-state index >= 15 is 0 Å². The number of aromatic nitrogens is 4. The topological polar surface area (TPSA) is 122 Å². The Labute approximate surface area is 96.2 Å². The maximum atomic E-state index is 10.9. The van der Waals surface area contributed by atoms with Gasteiger partial charge >= 0.3 is 0 Å². The second kappa shape index (κ2) is 4.08. The lowest BCUT2D eigenvalue weighted by molar-refractivity contribution is 0.100. The number of hydrogen-bond acceptors (Lipinski definition) is 6. The first-order chi connectivity index (χ1) is 8.13. The zero-order chi connectivity index (χ0) is 12.4. The molecular formula is C9H10N6O2. The van der Waals surface area contributed by atoms with Gasteiger partial charge in [-0.2, -0.15) is 5.10 Å². The van der Waals surface area contributed by atoms with Crippen LogP contribution in [0.1, 0.15) is 10.4 Å². The molecule has 2 aromatic heterocycles. The molecule has 8 nitrogen and oxygen atoms in total. The van der Waals surface area contributed by atoms with Gasteiger partial charge in [-0.05, 0) is 0 Å². The third kappa shape index (κ3) is 1.87. The third-order valence-corrected chi connectivity index (χ3v) is 2.10. The van der Waals surface area contributed by atoms with Crippen molar-refractivity contribution in [3.05, 3.63) is 24.3 Å². The Morgan fingerprint density at radius 2 is 2.24 bits per heavy atom. The average molecular weight is 234 g/mol. The van der Waals surface area contributed by atoms with Crippen LogP contribution in [0.15, 0.2) is 18.7 Å². The Morgan fingerprint density at radius 3 is 2.82 bits per heavy atom. The number of primary amides is 1. The summed E-state index contributed by atoms with van der Waals surface area (Å²) in [5.41, 5.74) is 11.0. The molecule has 8 heteroatoms. The maximum Gasteiger partial charge on any atom is 0.251 e. The van der Waals surface area contributed by atoms with E-state index in [1.54, 1.807) is 0 Å². The number of anilines is 1. The number of methoxy groups -OCH3 is 1. The van der Waals surface area contributed by atoms with Gasteiger partial charge < -0.3 is 16.2 Å². The number of carbonyl (C=O) groups excluding carboxylic acids is 1. The molecule has 0 spiro atoms. The highest BCUT2D eigenvalue weighted by Gasteiger charge is 2.13. The number of rotatable bonds is 3. The molecule has 0 aliphatic heterocycles. The molecule has 0 aliphatic rings. The molecule has 0 saturated carbocycles. The van der Waals surface area contributed by atoms with Gasteiger partial charge in [-0.3, -0.25) is 4.79 Å². The Morgan fingerprint density at radius 1 is 1.47 bits per heavy atom. The van der Waals surface area contributed by atoms with Gasteiger partial charge in [0, 0.05) is 6.20 Å². The Balaban J connectivity index is 2.52. The van der Waals surface area contributed by atoms with Crippen molar-refractivity contribution in [2.45, 2.75) is 0 Å². The van der Waals surface area contributed by atoms with E-state index < -0.39 is 5.91 Å². The summed E-state index contributed by atoms with van der Waals surface area (Å²) in [6, 6.07) is 0. The van der Waals surface area contributed by atoms with E-state index in [1.165, 1.54) is 30.5 Å². The molecule has 1 amide bonds. The Kier molecular flexibility index (Phi) is 2.61. The molecule has 0 radical (unpaired) electrons. The minimum absolute atomic E-state index is 0.189. The van der Waals surface area contributed by atoms with Crippen molar-refractivity contribution in [1.29, 1.82) is 0 Å². The van der Waals surface area contributed by atoms with Gasteiger partial charge in [0.25, 0.3) is 5.91 Å². The van der Waals surface area contributed by atoms with Crippen LogP contribution in [0.3, 0.4) is 0 Å². The number of nitrogen functional groups attached to an aromatic ring is 1. The number of nitrogens with two attached hydrogens (primary N) is 2. The van der Waals surface area contributed by atoms with Crippen molar-refractivity contribution in [3.8, 4) is 11.6 Å².